The van der Waals surface area contributed by atoms with Crippen molar-refractivity contribution in [2.24, 2.45) is 0 Å². The zero-order valence-corrected chi connectivity index (χ0v) is 16.5. The summed E-state index contributed by atoms with van der Waals surface area (Å²) in [5, 5.41) is 0. The lowest BCUT2D eigenvalue weighted by Gasteiger charge is -2.09. The summed E-state index contributed by atoms with van der Waals surface area (Å²) in [5.74, 6) is 0. The third-order valence-corrected chi connectivity index (χ3v) is 5.98. The van der Waals surface area contributed by atoms with E-state index >= 15 is 0 Å². The zero-order valence-electron chi connectivity index (χ0n) is 16.5. The van der Waals surface area contributed by atoms with Crippen molar-refractivity contribution in [3.05, 3.63) is 121 Å². The summed E-state index contributed by atoms with van der Waals surface area (Å²) in [6, 6.07) is 44.2. The van der Waals surface area contributed by atoms with Crippen molar-refractivity contribution in [2.75, 3.05) is 0 Å². The molecule has 0 spiro atoms. The van der Waals surface area contributed by atoms with Gasteiger partial charge in [-0.3, -0.25) is 0 Å². The van der Waals surface area contributed by atoms with Crippen LogP contribution in [0, 0.1) is 0 Å². The van der Waals surface area contributed by atoms with Gasteiger partial charge in [-0.1, -0.05) is 91.0 Å². The Labute approximate surface area is 177 Å². The van der Waals surface area contributed by atoms with Gasteiger partial charge in [-0.05, 0) is 86.0 Å². The van der Waals surface area contributed by atoms with Crippen molar-refractivity contribution in [2.45, 2.75) is 0 Å². The van der Waals surface area contributed by atoms with Gasteiger partial charge in [-0.15, -0.1) is 0 Å². The summed E-state index contributed by atoms with van der Waals surface area (Å²) in [6.07, 6.45) is 0. The van der Waals surface area contributed by atoms with Gasteiger partial charge in [0.2, 0.25) is 0 Å². The van der Waals surface area contributed by atoms with Crippen LogP contribution in [0.15, 0.2) is 121 Å². The second kappa shape index (κ2) is 6.86. The van der Waals surface area contributed by atoms with E-state index in [-0.39, 0.29) is 0 Å². The smallest absolute Gasteiger partial charge is 0.0178 e. The van der Waals surface area contributed by atoms with Crippen LogP contribution in [0.2, 0.25) is 0 Å². The van der Waals surface area contributed by atoms with Crippen LogP contribution >= 0.6 is 0 Å². The third kappa shape index (κ3) is 2.94. The van der Waals surface area contributed by atoms with Crippen LogP contribution in [0.3, 0.4) is 0 Å². The van der Waals surface area contributed by atoms with Gasteiger partial charge in [0.1, 0.15) is 0 Å². The van der Waals surface area contributed by atoms with Gasteiger partial charge in [0.15, 0.2) is 0 Å². The number of fused-ring (bicyclic) bond motifs is 15. The highest BCUT2D eigenvalue weighted by Gasteiger charge is 2.09. The molecule has 0 heterocycles. The van der Waals surface area contributed by atoms with Gasteiger partial charge in [-0.2, -0.15) is 0 Å². The molecule has 5 aromatic rings. The van der Waals surface area contributed by atoms with E-state index in [4.69, 9.17) is 0 Å². The maximum Gasteiger partial charge on any atom is -0.0178 e. The largest absolute Gasteiger partial charge is 0.0610 e. The minimum atomic E-state index is 1.24. The second-order valence-corrected chi connectivity index (χ2v) is 7.90. The van der Waals surface area contributed by atoms with E-state index in [0.717, 1.165) is 0 Å². The summed E-state index contributed by atoms with van der Waals surface area (Å²) < 4.78 is 0. The quantitative estimate of drug-likeness (QED) is 0.248. The standard InChI is InChI=1S/C30H20/c1-6-21-16-22(7-1)24-9-3-11-26(18-24)28-13-5-15-30(20-28)29-14-4-12-27(19-29)25-10-2-8-23(21)17-25/h1-20H. The fourth-order valence-corrected chi connectivity index (χ4v) is 4.39. The summed E-state index contributed by atoms with van der Waals surface area (Å²) >= 11 is 0. The second-order valence-electron chi connectivity index (χ2n) is 7.90. The third-order valence-electron chi connectivity index (χ3n) is 5.98. The van der Waals surface area contributed by atoms with Crippen LogP contribution in [0.1, 0.15) is 0 Å². The Morgan fingerprint density at radius 1 is 0.200 bits per heavy atom. The Morgan fingerprint density at radius 3 is 0.467 bits per heavy atom. The molecule has 0 saturated carbocycles. The first kappa shape index (κ1) is 17.0. The summed E-state index contributed by atoms with van der Waals surface area (Å²) in [5.41, 5.74) is 12.4. The summed E-state index contributed by atoms with van der Waals surface area (Å²) in [7, 11) is 0. The number of hydrogen-bond donors (Lipinski definition) is 0. The maximum absolute atomic E-state index is 2.30. The molecule has 0 fully saturated rings. The molecular weight excluding hydrogens is 360 g/mol. The molecule has 0 radical (unpaired) electrons. The van der Waals surface area contributed by atoms with Crippen molar-refractivity contribution in [1.82, 2.24) is 0 Å². The van der Waals surface area contributed by atoms with Crippen LogP contribution < -0.4 is 0 Å². The minimum Gasteiger partial charge on any atom is -0.0610 e. The predicted octanol–water partition coefficient (Wildman–Crippen LogP) is 8.34. The normalized spacial score (nSPS) is 11.3. The first-order valence-corrected chi connectivity index (χ1v) is 10.4. The number of hydrogen-bond acceptors (Lipinski definition) is 0. The van der Waals surface area contributed by atoms with E-state index in [1.807, 2.05) is 0 Å². The van der Waals surface area contributed by atoms with Gasteiger partial charge in [0.05, 0.1) is 0 Å². The molecule has 30 heavy (non-hydrogen) atoms. The molecule has 0 aliphatic heterocycles. The predicted molar refractivity (Wildman–Crippen MR) is 127 cm³/mol. The van der Waals surface area contributed by atoms with Crippen LogP contribution in [0.4, 0.5) is 0 Å². The van der Waals surface area contributed by atoms with E-state index in [0.29, 0.717) is 0 Å². The lowest BCUT2D eigenvalue weighted by Crippen LogP contribution is -1.84. The van der Waals surface area contributed by atoms with Gasteiger partial charge < -0.3 is 0 Å². The Kier molecular flexibility index (Phi) is 3.89. The van der Waals surface area contributed by atoms with Gasteiger partial charge in [-0.25, -0.2) is 0 Å². The van der Waals surface area contributed by atoms with Crippen molar-refractivity contribution in [3.8, 4) is 55.6 Å². The van der Waals surface area contributed by atoms with E-state index < -0.39 is 0 Å². The molecule has 0 nitrogen and oxygen atoms in total. The summed E-state index contributed by atoms with van der Waals surface area (Å²) in [4.78, 5) is 0. The Bertz CT molecular complexity index is 1050. The average Bonchev–Trinajstić information content (AvgIpc) is 2.84. The molecule has 0 N–H and O–H groups in total. The fraction of sp³-hybridized carbons (Fsp3) is 0. The van der Waals surface area contributed by atoms with E-state index in [2.05, 4.69) is 121 Å². The topological polar surface area (TPSA) is 0 Å². The molecule has 6 rings (SSSR count). The van der Waals surface area contributed by atoms with Gasteiger partial charge >= 0.3 is 0 Å². The van der Waals surface area contributed by atoms with Crippen molar-refractivity contribution in [1.29, 1.82) is 0 Å². The average molecular weight is 380 g/mol. The van der Waals surface area contributed by atoms with Crippen molar-refractivity contribution < 1.29 is 0 Å². The number of rotatable bonds is 0. The molecule has 140 valence electrons. The molecule has 0 atom stereocenters. The lowest BCUT2D eigenvalue weighted by atomic mass is 9.95. The van der Waals surface area contributed by atoms with E-state index in [1.165, 1.54) is 55.6 Å². The zero-order chi connectivity index (χ0) is 19.9. The van der Waals surface area contributed by atoms with Crippen LogP contribution in [0.25, 0.3) is 55.6 Å². The van der Waals surface area contributed by atoms with E-state index in [9.17, 15) is 0 Å². The molecule has 5 aromatic carbocycles. The molecule has 1 aliphatic carbocycles. The van der Waals surface area contributed by atoms with Crippen LogP contribution in [-0.2, 0) is 0 Å². The Balaban J connectivity index is 1.68. The van der Waals surface area contributed by atoms with Gasteiger partial charge in [0, 0.05) is 0 Å². The summed E-state index contributed by atoms with van der Waals surface area (Å²) in [6.45, 7) is 0. The van der Waals surface area contributed by atoms with Crippen LogP contribution in [-0.4, -0.2) is 0 Å². The van der Waals surface area contributed by atoms with Crippen LogP contribution in [0.5, 0.6) is 0 Å². The Hall–Kier alpha value is -3.90. The number of benzene rings is 5. The van der Waals surface area contributed by atoms with Crippen molar-refractivity contribution >= 4 is 0 Å². The minimum absolute atomic E-state index is 1.24. The highest BCUT2D eigenvalue weighted by atomic mass is 14.1. The molecule has 0 aromatic heterocycles. The monoisotopic (exact) mass is 380 g/mol. The fourth-order valence-electron chi connectivity index (χ4n) is 4.39. The molecule has 0 unspecified atom stereocenters. The molecule has 10 bridgehead atoms. The molecule has 0 amide bonds. The first-order chi connectivity index (χ1) is 14.8. The Morgan fingerprint density at radius 2 is 0.333 bits per heavy atom. The molecule has 1 aliphatic rings. The highest BCUT2D eigenvalue weighted by molar-refractivity contribution is 5.82. The van der Waals surface area contributed by atoms with Gasteiger partial charge in [0.25, 0.3) is 0 Å². The van der Waals surface area contributed by atoms with E-state index in [1.54, 1.807) is 0 Å². The molecule has 0 saturated heterocycles. The first-order valence-electron chi connectivity index (χ1n) is 10.4. The lowest BCUT2D eigenvalue weighted by molar-refractivity contribution is 1.57. The SMILES string of the molecule is c1cc2cc(c1)-c1cccc(c1)-c1cccc(c1)-c1cccc(c1)-c1cccc-2c1. The molecule has 0 heteroatoms. The maximum atomic E-state index is 2.30. The highest BCUT2D eigenvalue weighted by Crippen LogP contribution is 2.34. The van der Waals surface area contributed by atoms with Crippen molar-refractivity contribution in [3.63, 3.8) is 0 Å². The molecular formula is C30H20.